The van der Waals surface area contributed by atoms with Crippen molar-refractivity contribution in [2.45, 2.75) is 32.2 Å². The molecule has 38 heavy (non-hydrogen) atoms. The highest BCUT2D eigenvalue weighted by atomic mass is 19.1. The average molecular weight is 524 g/mol. The van der Waals surface area contributed by atoms with Gasteiger partial charge in [0, 0.05) is 13.0 Å². The number of methoxy groups -OCH3 is 1. The van der Waals surface area contributed by atoms with Crippen molar-refractivity contribution < 1.29 is 32.9 Å². The first-order valence-corrected chi connectivity index (χ1v) is 12.2. The fourth-order valence-electron chi connectivity index (χ4n) is 3.98. The number of halogens is 1. The van der Waals surface area contributed by atoms with Crippen LogP contribution in [-0.4, -0.2) is 61.4 Å². The topological polar surface area (TPSA) is 109 Å². The zero-order chi connectivity index (χ0) is 26.9. The number of carbonyl (C=O) groups excluding carboxylic acids is 2. The Hall–Kier alpha value is -3.73. The van der Waals surface area contributed by atoms with Crippen LogP contribution < -0.4 is 10.1 Å². The number of aryl methyl sites for hydroxylation is 1. The molecule has 2 heterocycles. The van der Waals surface area contributed by atoms with E-state index in [1.807, 2.05) is 30.3 Å². The first-order valence-electron chi connectivity index (χ1n) is 12.2. The SMILES string of the molecule is COCC(=O)CNC(=O)c1nc(C[C@H]2OC[C@H](c3ccc(F)cc3)CO2)nc(C)c1OCc1ccccc1. The lowest BCUT2D eigenvalue weighted by molar-refractivity contribution is -0.186. The van der Waals surface area contributed by atoms with Crippen LogP contribution in [0.3, 0.4) is 0 Å². The molecule has 0 spiro atoms. The van der Waals surface area contributed by atoms with Gasteiger partial charge in [-0.3, -0.25) is 9.59 Å². The van der Waals surface area contributed by atoms with E-state index in [0.29, 0.717) is 24.7 Å². The third-order valence-electron chi connectivity index (χ3n) is 5.93. The monoisotopic (exact) mass is 523 g/mol. The minimum atomic E-state index is -0.610. The van der Waals surface area contributed by atoms with Gasteiger partial charge in [0.1, 0.15) is 24.9 Å². The summed E-state index contributed by atoms with van der Waals surface area (Å²) < 4.78 is 35.8. The van der Waals surface area contributed by atoms with Gasteiger partial charge in [0.05, 0.1) is 31.9 Å². The van der Waals surface area contributed by atoms with Gasteiger partial charge in [-0.2, -0.15) is 0 Å². The number of Topliss-reactive ketones (excluding diaryl/α,β-unsaturated/α-hetero) is 1. The van der Waals surface area contributed by atoms with Crippen LogP contribution in [0.2, 0.25) is 0 Å². The fraction of sp³-hybridized carbons (Fsp3) is 0.357. The van der Waals surface area contributed by atoms with Crippen molar-refractivity contribution in [3.63, 3.8) is 0 Å². The molecule has 1 aliphatic rings. The molecular formula is C28H30FN3O6. The largest absolute Gasteiger partial charge is 0.485 e. The molecule has 10 heteroatoms. The highest BCUT2D eigenvalue weighted by Gasteiger charge is 2.27. The second kappa shape index (κ2) is 13.2. The Labute approximate surface area is 220 Å². The first-order chi connectivity index (χ1) is 18.4. The number of rotatable bonds is 11. The van der Waals surface area contributed by atoms with Crippen LogP contribution in [0.4, 0.5) is 4.39 Å². The number of amides is 1. The number of nitrogens with zero attached hydrogens (tertiary/aromatic N) is 2. The Bertz CT molecular complexity index is 1230. The summed E-state index contributed by atoms with van der Waals surface area (Å²) in [5.41, 5.74) is 2.34. The van der Waals surface area contributed by atoms with E-state index >= 15 is 0 Å². The Kier molecular flexibility index (Phi) is 9.47. The summed E-state index contributed by atoms with van der Waals surface area (Å²) in [6, 6.07) is 15.8. The lowest BCUT2D eigenvalue weighted by Crippen LogP contribution is -2.34. The van der Waals surface area contributed by atoms with Gasteiger partial charge in [-0.1, -0.05) is 42.5 Å². The smallest absolute Gasteiger partial charge is 0.274 e. The quantitative estimate of drug-likeness (QED) is 0.408. The van der Waals surface area contributed by atoms with Gasteiger partial charge in [-0.25, -0.2) is 14.4 Å². The standard InChI is InChI=1S/C28H30FN3O6/c1-18-27(38-14-19-6-4-3-5-7-19)26(28(34)30-13-23(33)17-35-2)32-24(31-18)12-25-36-15-21(16-37-25)20-8-10-22(29)11-9-20/h3-11,21,25H,12-17H2,1-2H3,(H,30,34)/t21-,25-. The molecule has 4 rings (SSSR count). The molecule has 0 unspecified atom stereocenters. The lowest BCUT2D eigenvalue weighted by atomic mass is 10.0. The Balaban J connectivity index is 1.47. The van der Waals surface area contributed by atoms with Crippen molar-refractivity contribution in [2.24, 2.45) is 0 Å². The molecule has 1 aromatic heterocycles. The van der Waals surface area contributed by atoms with Crippen LogP contribution >= 0.6 is 0 Å². The number of hydrogen-bond donors (Lipinski definition) is 1. The molecule has 1 aliphatic heterocycles. The molecule has 9 nitrogen and oxygen atoms in total. The second-order valence-corrected chi connectivity index (χ2v) is 8.88. The van der Waals surface area contributed by atoms with E-state index in [2.05, 4.69) is 15.3 Å². The molecule has 0 atom stereocenters. The van der Waals surface area contributed by atoms with Crippen LogP contribution in [0.15, 0.2) is 54.6 Å². The second-order valence-electron chi connectivity index (χ2n) is 8.88. The average Bonchev–Trinajstić information content (AvgIpc) is 2.92. The minimum absolute atomic E-state index is 0.0192. The number of benzene rings is 2. The molecule has 1 amide bonds. The van der Waals surface area contributed by atoms with Crippen molar-refractivity contribution in [3.05, 3.63) is 88.8 Å². The highest BCUT2D eigenvalue weighted by molar-refractivity contribution is 5.97. The molecule has 200 valence electrons. The maximum absolute atomic E-state index is 13.2. The van der Waals surface area contributed by atoms with Crippen LogP contribution in [0.1, 0.15) is 39.1 Å². The molecule has 0 saturated carbocycles. The van der Waals surface area contributed by atoms with Crippen molar-refractivity contribution in [2.75, 3.05) is 33.5 Å². The number of carbonyl (C=O) groups is 2. The van der Waals surface area contributed by atoms with E-state index in [4.69, 9.17) is 18.9 Å². The maximum Gasteiger partial charge on any atom is 0.274 e. The molecule has 1 N–H and O–H groups in total. The molecule has 3 aromatic rings. The van der Waals surface area contributed by atoms with Gasteiger partial charge in [0.15, 0.2) is 23.5 Å². The third-order valence-corrected chi connectivity index (χ3v) is 5.93. The molecule has 1 saturated heterocycles. The number of hydrogen-bond acceptors (Lipinski definition) is 8. The summed E-state index contributed by atoms with van der Waals surface area (Å²) in [6.45, 7) is 2.41. The van der Waals surface area contributed by atoms with Crippen molar-refractivity contribution >= 4 is 11.7 Å². The molecule has 0 aliphatic carbocycles. The summed E-state index contributed by atoms with van der Waals surface area (Å²) >= 11 is 0. The number of nitrogens with one attached hydrogen (secondary N) is 1. The van der Waals surface area contributed by atoms with Gasteiger partial charge in [0.25, 0.3) is 5.91 Å². The van der Waals surface area contributed by atoms with E-state index in [1.165, 1.54) is 19.2 Å². The highest BCUT2D eigenvalue weighted by Crippen LogP contribution is 2.26. The minimum Gasteiger partial charge on any atom is -0.485 e. The van der Waals surface area contributed by atoms with Gasteiger partial charge >= 0.3 is 0 Å². The van der Waals surface area contributed by atoms with Crippen molar-refractivity contribution in [1.29, 1.82) is 0 Å². The molecular weight excluding hydrogens is 493 g/mol. The fourth-order valence-corrected chi connectivity index (χ4v) is 3.98. The Morgan fingerprint density at radius 2 is 1.76 bits per heavy atom. The van der Waals surface area contributed by atoms with E-state index in [9.17, 15) is 14.0 Å². The predicted molar refractivity (Wildman–Crippen MR) is 135 cm³/mol. The maximum atomic E-state index is 13.2. The van der Waals surface area contributed by atoms with Crippen LogP contribution in [-0.2, 0) is 32.0 Å². The summed E-state index contributed by atoms with van der Waals surface area (Å²) in [5.74, 6) is -0.584. The zero-order valence-electron chi connectivity index (χ0n) is 21.3. The summed E-state index contributed by atoms with van der Waals surface area (Å²) in [5, 5.41) is 2.58. The number of aromatic nitrogens is 2. The first kappa shape index (κ1) is 27.3. The molecule has 2 aromatic carbocycles. The van der Waals surface area contributed by atoms with Crippen LogP contribution in [0.25, 0.3) is 0 Å². The van der Waals surface area contributed by atoms with E-state index in [1.54, 1.807) is 19.1 Å². The summed E-state index contributed by atoms with van der Waals surface area (Å²) in [6.07, 6.45) is -0.403. The van der Waals surface area contributed by atoms with Crippen molar-refractivity contribution in [1.82, 2.24) is 15.3 Å². The molecule has 1 fully saturated rings. The van der Waals surface area contributed by atoms with Gasteiger partial charge in [-0.05, 0) is 30.2 Å². The Morgan fingerprint density at radius 3 is 2.45 bits per heavy atom. The number of ether oxygens (including phenoxy) is 4. The zero-order valence-corrected chi connectivity index (χ0v) is 21.3. The predicted octanol–water partition coefficient (Wildman–Crippen LogP) is 3.15. The van der Waals surface area contributed by atoms with Crippen molar-refractivity contribution in [3.8, 4) is 5.75 Å². The van der Waals surface area contributed by atoms with Gasteiger partial charge in [0.2, 0.25) is 0 Å². The van der Waals surface area contributed by atoms with E-state index < -0.39 is 12.2 Å². The van der Waals surface area contributed by atoms with Gasteiger partial charge in [-0.15, -0.1) is 0 Å². The van der Waals surface area contributed by atoms with Gasteiger partial charge < -0.3 is 24.3 Å². The van der Waals surface area contributed by atoms with Crippen LogP contribution in [0.5, 0.6) is 5.75 Å². The number of ketones is 1. The molecule has 0 radical (unpaired) electrons. The Morgan fingerprint density at radius 1 is 1.05 bits per heavy atom. The summed E-state index contributed by atoms with van der Waals surface area (Å²) in [7, 11) is 1.41. The van der Waals surface area contributed by atoms with E-state index in [0.717, 1.165) is 11.1 Å². The normalized spacial score (nSPS) is 17.1. The third kappa shape index (κ3) is 7.41. The van der Waals surface area contributed by atoms with Crippen LogP contribution in [0, 0.1) is 12.7 Å². The molecule has 0 bridgehead atoms. The summed E-state index contributed by atoms with van der Waals surface area (Å²) in [4.78, 5) is 33.9. The lowest BCUT2D eigenvalue weighted by Gasteiger charge is -2.29. The van der Waals surface area contributed by atoms with E-state index in [-0.39, 0.29) is 55.1 Å².